The molecule has 1 N–H and O–H groups in total. The summed E-state index contributed by atoms with van der Waals surface area (Å²) in [6.45, 7) is 0. The molecule has 1 aliphatic rings. The highest BCUT2D eigenvalue weighted by Crippen LogP contribution is 2.40. The molecule has 2 aromatic carbocycles. The third-order valence-electron chi connectivity index (χ3n) is 3.58. The topological polar surface area (TPSA) is 50.2 Å². The van der Waals surface area contributed by atoms with E-state index in [0.29, 0.717) is 16.5 Å². The van der Waals surface area contributed by atoms with E-state index >= 15 is 0 Å². The predicted octanol–water partition coefficient (Wildman–Crippen LogP) is 3.15. The van der Waals surface area contributed by atoms with Crippen LogP contribution in [0.5, 0.6) is 5.75 Å². The molecule has 90 valence electrons. The van der Waals surface area contributed by atoms with Gasteiger partial charge in [0, 0.05) is 33.7 Å². The van der Waals surface area contributed by atoms with E-state index < -0.39 is 0 Å². The molecule has 1 aromatic heterocycles. The minimum atomic E-state index is -0.0129. The van der Waals surface area contributed by atoms with E-state index in [1.807, 2.05) is 24.3 Å². The van der Waals surface area contributed by atoms with Crippen molar-refractivity contribution in [1.82, 2.24) is 4.98 Å². The molecule has 1 aliphatic carbocycles. The number of fused-ring (bicyclic) bond motifs is 2. The lowest BCUT2D eigenvalue weighted by Crippen LogP contribution is -2.10. The molecule has 0 bridgehead atoms. The number of rotatable bonds is 0. The third-order valence-corrected chi connectivity index (χ3v) is 3.58. The van der Waals surface area contributed by atoms with Gasteiger partial charge in [0.15, 0.2) is 5.78 Å². The van der Waals surface area contributed by atoms with Gasteiger partial charge in [0.2, 0.25) is 0 Å². The molecule has 0 atom stereocenters. The molecule has 0 unspecified atom stereocenters. The van der Waals surface area contributed by atoms with Crippen LogP contribution in [0.2, 0.25) is 0 Å². The molecule has 0 aliphatic heterocycles. The molecule has 0 saturated carbocycles. The van der Waals surface area contributed by atoms with Crippen LogP contribution in [-0.2, 0) is 0 Å². The lowest BCUT2D eigenvalue weighted by molar-refractivity contribution is 0.104. The summed E-state index contributed by atoms with van der Waals surface area (Å²) in [5.74, 6) is 0.163. The van der Waals surface area contributed by atoms with Gasteiger partial charge in [-0.1, -0.05) is 24.3 Å². The van der Waals surface area contributed by atoms with Crippen LogP contribution in [0, 0.1) is 0 Å². The summed E-state index contributed by atoms with van der Waals surface area (Å²) in [6, 6.07) is 12.4. The summed E-state index contributed by atoms with van der Waals surface area (Å²) in [7, 11) is 0. The highest BCUT2D eigenvalue weighted by Gasteiger charge is 2.26. The molecule has 0 amide bonds. The van der Waals surface area contributed by atoms with Gasteiger partial charge in [0.1, 0.15) is 5.75 Å². The lowest BCUT2D eigenvalue weighted by atomic mass is 9.85. The molecular weight excluding hydrogens is 238 g/mol. The molecule has 4 rings (SSSR count). The molecule has 0 fully saturated rings. The summed E-state index contributed by atoms with van der Waals surface area (Å²) in [5.41, 5.74) is 2.87. The molecule has 3 aromatic rings. The van der Waals surface area contributed by atoms with Gasteiger partial charge in [-0.2, -0.15) is 0 Å². The van der Waals surface area contributed by atoms with Crippen molar-refractivity contribution in [3.8, 4) is 17.0 Å². The van der Waals surface area contributed by atoms with Gasteiger partial charge in [-0.3, -0.25) is 9.78 Å². The summed E-state index contributed by atoms with van der Waals surface area (Å²) in [6.07, 6.45) is 1.66. The van der Waals surface area contributed by atoms with Crippen LogP contribution in [0.4, 0.5) is 0 Å². The largest absolute Gasteiger partial charge is 0.507 e. The maximum Gasteiger partial charge on any atom is 0.194 e. The van der Waals surface area contributed by atoms with Crippen LogP contribution in [-0.4, -0.2) is 15.9 Å². The van der Waals surface area contributed by atoms with E-state index in [-0.39, 0.29) is 11.5 Å². The number of hydrogen-bond donors (Lipinski definition) is 1. The second-order valence-corrected chi connectivity index (χ2v) is 4.59. The zero-order valence-corrected chi connectivity index (χ0v) is 9.92. The number of pyridine rings is 1. The molecule has 0 saturated heterocycles. The number of phenols is 1. The van der Waals surface area contributed by atoms with E-state index in [0.717, 1.165) is 16.6 Å². The zero-order chi connectivity index (χ0) is 13.0. The van der Waals surface area contributed by atoms with Crippen molar-refractivity contribution >= 4 is 16.6 Å². The van der Waals surface area contributed by atoms with E-state index in [4.69, 9.17) is 0 Å². The Morgan fingerprint density at radius 1 is 0.895 bits per heavy atom. The number of aromatic nitrogens is 1. The number of hydrogen-bond acceptors (Lipinski definition) is 3. The number of nitrogens with zero attached hydrogens (tertiary/aromatic N) is 1. The summed E-state index contributed by atoms with van der Waals surface area (Å²) >= 11 is 0. The fourth-order valence-corrected chi connectivity index (χ4v) is 2.71. The fraction of sp³-hybridized carbons (Fsp3) is 0. The minimum absolute atomic E-state index is 0.0129. The van der Waals surface area contributed by atoms with Crippen LogP contribution in [0.3, 0.4) is 0 Å². The smallest absolute Gasteiger partial charge is 0.194 e. The van der Waals surface area contributed by atoms with Gasteiger partial charge in [-0.15, -0.1) is 0 Å². The van der Waals surface area contributed by atoms with Gasteiger partial charge < -0.3 is 5.11 Å². The van der Waals surface area contributed by atoms with Gasteiger partial charge in [-0.05, 0) is 18.2 Å². The summed E-state index contributed by atoms with van der Waals surface area (Å²) in [4.78, 5) is 16.9. The zero-order valence-electron chi connectivity index (χ0n) is 9.92. The Kier molecular flexibility index (Phi) is 1.85. The van der Waals surface area contributed by atoms with Crippen LogP contribution < -0.4 is 0 Å². The Labute approximate surface area is 109 Å². The van der Waals surface area contributed by atoms with Crippen molar-refractivity contribution in [2.45, 2.75) is 0 Å². The normalized spacial score (nSPS) is 12.5. The van der Waals surface area contributed by atoms with Crippen molar-refractivity contribution in [2.75, 3.05) is 0 Å². The Hall–Kier alpha value is -2.68. The average Bonchev–Trinajstić information content (AvgIpc) is 2.46. The highest BCUT2D eigenvalue weighted by molar-refractivity contribution is 6.25. The highest BCUT2D eigenvalue weighted by atomic mass is 16.3. The quantitative estimate of drug-likeness (QED) is 0.519. The average molecular weight is 247 g/mol. The lowest BCUT2D eigenvalue weighted by Gasteiger charge is -2.18. The van der Waals surface area contributed by atoms with Crippen molar-refractivity contribution in [3.05, 3.63) is 59.8 Å². The van der Waals surface area contributed by atoms with E-state index in [1.165, 1.54) is 0 Å². The van der Waals surface area contributed by atoms with Crippen molar-refractivity contribution in [2.24, 2.45) is 0 Å². The van der Waals surface area contributed by atoms with Crippen LogP contribution >= 0.6 is 0 Å². The van der Waals surface area contributed by atoms with Crippen molar-refractivity contribution < 1.29 is 9.90 Å². The summed E-state index contributed by atoms with van der Waals surface area (Å²) in [5, 5.41) is 11.3. The van der Waals surface area contributed by atoms with Crippen molar-refractivity contribution in [1.29, 1.82) is 0 Å². The first-order valence-electron chi connectivity index (χ1n) is 6.02. The van der Waals surface area contributed by atoms with Crippen LogP contribution in [0.1, 0.15) is 15.9 Å². The second kappa shape index (κ2) is 3.42. The van der Waals surface area contributed by atoms with Gasteiger partial charge in [0.05, 0.1) is 5.69 Å². The maximum absolute atomic E-state index is 12.5. The Morgan fingerprint density at radius 3 is 2.53 bits per heavy atom. The SMILES string of the molecule is O=C1c2ccccc2-c2nccc3c(O)ccc1c23. The van der Waals surface area contributed by atoms with E-state index in [1.54, 1.807) is 24.4 Å². The number of aromatic hydroxyl groups is 1. The second-order valence-electron chi connectivity index (χ2n) is 4.59. The number of carbonyl (C=O) groups excluding carboxylic acids is 1. The fourth-order valence-electron chi connectivity index (χ4n) is 2.71. The maximum atomic E-state index is 12.5. The monoisotopic (exact) mass is 247 g/mol. The van der Waals surface area contributed by atoms with Crippen molar-refractivity contribution in [3.63, 3.8) is 0 Å². The number of carbonyl (C=O) groups is 1. The van der Waals surface area contributed by atoms with Crippen LogP contribution in [0.15, 0.2) is 48.7 Å². The number of ketones is 1. The molecule has 0 radical (unpaired) electrons. The molecule has 19 heavy (non-hydrogen) atoms. The Bertz CT molecular complexity index is 852. The summed E-state index contributed by atoms with van der Waals surface area (Å²) < 4.78 is 0. The molecule has 3 heteroatoms. The minimum Gasteiger partial charge on any atom is -0.507 e. The van der Waals surface area contributed by atoms with Gasteiger partial charge in [0.25, 0.3) is 0 Å². The number of phenolic OH excluding ortho intramolecular Hbond substituents is 1. The molecule has 1 heterocycles. The molecule has 0 spiro atoms. The Morgan fingerprint density at radius 2 is 1.68 bits per heavy atom. The molecule has 3 nitrogen and oxygen atoms in total. The van der Waals surface area contributed by atoms with Gasteiger partial charge in [-0.25, -0.2) is 0 Å². The van der Waals surface area contributed by atoms with E-state index in [9.17, 15) is 9.90 Å². The van der Waals surface area contributed by atoms with Gasteiger partial charge >= 0.3 is 0 Å². The van der Waals surface area contributed by atoms with E-state index in [2.05, 4.69) is 4.98 Å². The van der Waals surface area contributed by atoms with Crippen LogP contribution in [0.25, 0.3) is 22.0 Å². The first-order valence-corrected chi connectivity index (χ1v) is 6.02. The Balaban J connectivity index is 2.28. The number of benzene rings is 2. The predicted molar refractivity (Wildman–Crippen MR) is 72.3 cm³/mol. The first-order chi connectivity index (χ1) is 9.27. The first kappa shape index (κ1) is 10.3. The standard InChI is InChI=1S/C16H9NO2/c18-13-6-5-12-14-11(13)7-8-17-15(14)9-3-1-2-4-10(9)16(12)19/h1-8,18H. The third kappa shape index (κ3) is 1.21. The molecular formula is C16H9NO2.